The molecule has 12 rings (SSSR count). The van der Waals surface area contributed by atoms with Gasteiger partial charge in [0.05, 0.1) is 0 Å². The van der Waals surface area contributed by atoms with E-state index in [0.717, 1.165) is 33.8 Å². The van der Waals surface area contributed by atoms with E-state index in [0.29, 0.717) is 0 Å². The molecule has 0 radical (unpaired) electrons. The first-order valence-corrected chi connectivity index (χ1v) is 23.7. The lowest BCUT2D eigenvalue weighted by Crippen LogP contribution is -2.10. The highest BCUT2D eigenvalue weighted by atomic mass is 15.1. The lowest BCUT2D eigenvalue weighted by atomic mass is 9.84. The van der Waals surface area contributed by atoms with Crippen LogP contribution < -0.4 is 4.90 Å². The topological polar surface area (TPSA) is 3.24 Å². The molecule has 1 nitrogen and oxygen atoms in total. The number of benzene rings is 12. The van der Waals surface area contributed by atoms with Gasteiger partial charge in [0.15, 0.2) is 0 Å². The normalized spacial score (nSPS) is 11.2. The molecule has 0 fully saturated rings. The number of fused-ring (bicyclic) bond motifs is 3. The smallest absolute Gasteiger partial charge is 0.0467 e. The third kappa shape index (κ3) is 8.07. The van der Waals surface area contributed by atoms with Gasteiger partial charge in [-0.25, -0.2) is 0 Å². The standard InChI is InChI=1S/C68H47N/c1-6-20-48(21-7-1)54-30-18-32-59(44-54)69(58-40-36-51(37-41-58)61-42-38-56(49-22-8-2-9-23-49)46-65(61)50-24-10-3-11-25-50)60-33-19-31-55(45-60)57-39-43-63-62-34-16-17-35-64(62)67(52-26-12-4-13-27-52)68(66(63)47-57)53-28-14-5-15-29-53/h1-47H. The third-order valence-corrected chi connectivity index (χ3v) is 13.4. The SMILES string of the molecule is c1ccc(-c2cccc(N(c3ccc(-c4ccc(-c5ccccc5)cc4-c4ccccc4)cc3)c3cccc(-c4ccc5c(c4)c(-c4ccccc4)c(-c4ccccc4)c4ccccc45)c3)c2)cc1. The zero-order valence-corrected chi connectivity index (χ0v) is 38.1. The quantitative estimate of drug-likeness (QED) is 0.124. The third-order valence-electron chi connectivity index (χ3n) is 13.4. The fourth-order valence-electron chi connectivity index (χ4n) is 10.2. The van der Waals surface area contributed by atoms with Crippen LogP contribution in [0, 0.1) is 0 Å². The van der Waals surface area contributed by atoms with Gasteiger partial charge in [-0.3, -0.25) is 0 Å². The van der Waals surface area contributed by atoms with E-state index in [1.807, 2.05) is 0 Å². The maximum absolute atomic E-state index is 2.41. The van der Waals surface area contributed by atoms with Gasteiger partial charge in [0.2, 0.25) is 0 Å². The summed E-state index contributed by atoms with van der Waals surface area (Å²) in [6.07, 6.45) is 0. The van der Waals surface area contributed by atoms with Gasteiger partial charge in [-0.15, -0.1) is 0 Å². The first kappa shape index (κ1) is 41.4. The van der Waals surface area contributed by atoms with E-state index in [9.17, 15) is 0 Å². The second kappa shape index (κ2) is 18.3. The van der Waals surface area contributed by atoms with Gasteiger partial charge < -0.3 is 4.90 Å². The molecule has 0 aliphatic rings. The summed E-state index contributed by atoms with van der Waals surface area (Å²) in [6, 6.07) is 104. The van der Waals surface area contributed by atoms with Crippen molar-refractivity contribution in [1.82, 2.24) is 0 Å². The summed E-state index contributed by atoms with van der Waals surface area (Å²) in [5.74, 6) is 0. The predicted octanol–water partition coefficient (Wildman–Crippen LogP) is 19.1. The Morgan fingerprint density at radius 1 is 0.174 bits per heavy atom. The molecule has 0 saturated heterocycles. The summed E-state index contributed by atoms with van der Waals surface area (Å²) < 4.78 is 0. The average Bonchev–Trinajstić information content (AvgIpc) is 3.44. The number of anilines is 3. The van der Waals surface area contributed by atoms with Crippen molar-refractivity contribution < 1.29 is 0 Å². The molecule has 0 N–H and O–H groups in total. The van der Waals surface area contributed by atoms with Gasteiger partial charge in [0, 0.05) is 17.1 Å². The van der Waals surface area contributed by atoms with Crippen LogP contribution in [0.5, 0.6) is 0 Å². The molecule has 0 aliphatic heterocycles. The molecule has 0 atom stereocenters. The lowest BCUT2D eigenvalue weighted by Gasteiger charge is -2.27. The molecule has 12 aromatic carbocycles. The number of hydrogen-bond donors (Lipinski definition) is 0. The van der Waals surface area contributed by atoms with E-state index < -0.39 is 0 Å². The zero-order chi connectivity index (χ0) is 45.9. The van der Waals surface area contributed by atoms with Crippen LogP contribution in [0.15, 0.2) is 285 Å². The minimum atomic E-state index is 1.08. The minimum absolute atomic E-state index is 1.08. The highest BCUT2D eigenvalue weighted by Gasteiger charge is 2.20. The summed E-state index contributed by atoms with van der Waals surface area (Å²) in [5, 5.41) is 4.98. The van der Waals surface area contributed by atoms with E-state index in [4.69, 9.17) is 0 Å². The van der Waals surface area contributed by atoms with Crippen LogP contribution in [0.4, 0.5) is 17.1 Å². The van der Waals surface area contributed by atoms with Crippen LogP contribution >= 0.6 is 0 Å². The van der Waals surface area contributed by atoms with E-state index >= 15 is 0 Å². The Morgan fingerprint density at radius 3 is 1.12 bits per heavy atom. The minimum Gasteiger partial charge on any atom is -0.310 e. The molecule has 324 valence electrons. The highest BCUT2D eigenvalue weighted by molar-refractivity contribution is 6.22. The molecule has 0 aromatic heterocycles. The van der Waals surface area contributed by atoms with Crippen LogP contribution in [0.1, 0.15) is 0 Å². The average molecular weight is 878 g/mol. The van der Waals surface area contributed by atoms with Crippen LogP contribution in [0.2, 0.25) is 0 Å². The number of nitrogens with zero attached hydrogens (tertiary/aromatic N) is 1. The number of hydrogen-bond acceptors (Lipinski definition) is 1. The molecule has 0 spiro atoms. The van der Waals surface area contributed by atoms with Crippen molar-refractivity contribution in [2.75, 3.05) is 4.90 Å². The Balaban J connectivity index is 1.01. The van der Waals surface area contributed by atoms with Crippen LogP contribution in [0.3, 0.4) is 0 Å². The molecular formula is C68H47N. The summed E-state index contributed by atoms with van der Waals surface area (Å²) in [6.45, 7) is 0. The number of rotatable bonds is 10. The Hall–Kier alpha value is -9.04. The van der Waals surface area contributed by atoms with Gasteiger partial charge in [0.25, 0.3) is 0 Å². The first-order valence-electron chi connectivity index (χ1n) is 23.7. The second-order valence-corrected chi connectivity index (χ2v) is 17.6. The second-order valence-electron chi connectivity index (χ2n) is 17.6. The van der Waals surface area contributed by atoms with Crippen LogP contribution in [0.25, 0.3) is 99.4 Å². The van der Waals surface area contributed by atoms with Gasteiger partial charge >= 0.3 is 0 Å². The van der Waals surface area contributed by atoms with Crippen LogP contribution in [-0.2, 0) is 0 Å². The van der Waals surface area contributed by atoms with Crippen molar-refractivity contribution >= 4 is 38.6 Å². The van der Waals surface area contributed by atoms with E-state index in [-0.39, 0.29) is 0 Å². The van der Waals surface area contributed by atoms with Gasteiger partial charge in [-0.05, 0) is 148 Å². The zero-order valence-electron chi connectivity index (χ0n) is 38.1. The Bertz CT molecular complexity index is 3730. The molecule has 0 bridgehead atoms. The molecule has 1 heteroatoms. The summed E-state index contributed by atoms with van der Waals surface area (Å²) in [4.78, 5) is 2.40. The van der Waals surface area contributed by atoms with Crippen molar-refractivity contribution in [3.8, 4) is 77.9 Å². The first-order chi connectivity index (χ1) is 34.2. The highest BCUT2D eigenvalue weighted by Crippen LogP contribution is 2.47. The maximum Gasteiger partial charge on any atom is 0.0467 e. The molecule has 0 saturated carbocycles. The Kier molecular flexibility index (Phi) is 11.0. The summed E-state index contributed by atoms with van der Waals surface area (Å²) >= 11 is 0. The summed E-state index contributed by atoms with van der Waals surface area (Å²) in [5.41, 5.74) is 20.0. The maximum atomic E-state index is 2.41. The predicted molar refractivity (Wildman–Crippen MR) is 294 cm³/mol. The molecule has 0 heterocycles. The van der Waals surface area contributed by atoms with Gasteiger partial charge in [0.1, 0.15) is 0 Å². The summed E-state index contributed by atoms with van der Waals surface area (Å²) in [7, 11) is 0. The van der Waals surface area contributed by atoms with E-state index in [1.54, 1.807) is 0 Å². The molecular weight excluding hydrogens is 831 g/mol. The van der Waals surface area contributed by atoms with Crippen LogP contribution in [-0.4, -0.2) is 0 Å². The molecule has 69 heavy (non-hydrogen) atoms. The van der Waals surface area contributed by atoms with E-state index in [1.165, 1.54) is 82.7 Å². The van der Waals surface area contributed by atoms with Crippen molar-refractivity contribution in [3.63, 3.8) is 0 Å². The van der Waals surface area contributed by atoms with Crippen molar-refractivity contribution in [2.24, 2.45) is 0 Å². The molecule has 12 aromatic rings. The van der Waals surface area contributed by atoms with Gasteiger partial charge in [-0.2, -0.15) is 0 Å². The lowest BCUT2D eigenvalue weighted by molar-refractivity contribution is 1.28. The van der Waals surface area contributed by atoms with Gasteiger partial charge in [-0.1, -0.05) is 237 Å². The van der Waals surface area contributed by atoms with E-state index in [2.05, 4.69) is 290 Å². The van der Waals surface area contributed by atoms with Crippen molar-refractivity contribution in [1.29, 1.82) is 0 Å². The largest absolute Gasteiger partial charge is 0.310 e. The fourth-order valence-corrected chi connectivity index (χ4v) is 10.2. The molecule has 0 aliphatic carbocycles. The monoisotopic (exact) mass is 877 g/mol. The van der Waals surface area contributed by atoms with Crippen molar-refractivity contribution in [3.05, 3.63) is 285 Å². The fraction of sp³-hybridized carbons (Fsp3) is 0. The Labute approximate surface area is 404 Å². The Morgan fingerprint density at radius 2 is 0.551 bits per heavy atom. The molecule has 0 amide bonds. The van der Waals surface area contributed by atoms with Crippen molar-refractivity contribution in [2.45, 2.75) is 0 Å². The molecule has 0 unspecified atom stereocenters.